The third-order valence-electron chi connectivity index (χ3n) is 13.9. The average Bonchev–Trinajstić information content (AvgIpc) is 4.18. The first-order valence-corrected chi connectivity index (χ1v) is 24.2. The summed E-state index contributed by atoms with van der Waals surface area (Å²) in [7, 11) is 2.59. The van der Waals surface area contributed by atoms with E-state index in [-0.39, 0.29) is 109 Å². The Hall–Kier alpha value is -4.87. The maximum atomic E-state index is 13.8. The van der Waals surface area contributed by atoms with Crippen molar-refractivity contribution in [2.45, 2.75) is 103 Å². The molecule has 2 fully saturated rings. The highest BCUT2D eigenvalue weighted by molar-refractivity contribution is 7.60. The highest BCUT2D eigenvalue weighted by Crippen LogP contribution is 2.48. The summed E-state index contributed by atoms with van der Waals surface area (Å²) in [6, 6.07) is 15.4. The molecular formula is C50H67N9O7S6. The van der Waals surface area contributed by atoms with Crippen LogP contribution in [0, 0.1) is 11.8 Å². The Labute approximate surface area is 458 Å². The molecule has 0 radical (unpaired) electrons. The van der Waals surface area contributed by atoms with Gasteiger partial charge in [0.15, 0.2) is 0 Å². The van der Waals surface area contributed by atoms with Gasteiger partial charge in [-0.2, -0.15) is 67.5 Å². The smallest absolute Gasteiger partial charge is 0.407 e. The van der Waals surface area contributed by atoms with E-state index in [1.54, 1.807) is 0 Å². The topological polar surface area (TPSA) is 189 Å². The van der Waals surface area contributed by atoms with Gasteiger partial charge in [-0.05, 0) is 98.7 Å². The van der Waals surface area contributed by atoms with Crippen LogP contribution in [0.25, 0.3) is 44.7 Å². The number of nitrogens with one attached hydrogen (secondary N) is 4. The molecule has 0 spiro atoms. The third kappa shape index (κ3) is 10.8. The summed E-state index contributed by atoms with van der Waals surface area (Å²) >= 11 is 1.84. The number of thiophene rings is 1. The molecule has 72 heavy (non-hydrogen) atoms. The number of hydrogen-bond acceptors (Lipinski definition) is 10. The zero-order valence-electron chi connectivity index (χ0n) is 41.2. The van der Waals surface area contributed by atoms with Gasteiger partial charge in [0.05, 0.1) is 66.2 Å². The van der Waals surface area contributed by atoms with Crippen LogP contribution in [0.3, 0.4) is 0 Å². The minimum absolute atomic E-state index is 0. The number of amides is 4. The fraction of sp³-hybridized carbons (Fsp3) is 0.440. The molecule has 1 aliphatic carbocycles. The molecule has 10 rings (SSSR count). The van der Waals surface area contributed by atoms with Crippen molar-refractivity contribution in [2.75, 3.05) is 27.3 Å². The third-order valence-corrected chi connectivity index (χ3v) is 15.1. The average molecular weight is 1100 g/mol. The van der Waals surface area contributed by atoms with Gasteiger partial charge in [0.25, 0.3) is 0 Å². The normalized spacial score (nSPS) is 18.2. The molecule has 4 aromatic heterocycles. The molecule has 16 nitrogen and oxygen atoms in total. The number of ether oxygens (including phenoxy) is 3. The maximum Gasteiger partial charge on any atom is 0.407 e. The number of hydrogen-bond donors (Lipinski definition) is 4. The molecule has 0 saturated carbocycles. The zero-order valence-corrected chi connectivity index (χ0v) is 47.0. The van der Waals surface area contributed by atoms with Crippen LogP contribution < -0.4 is 15.4 Å². The molecule has 0 bridgehead atoms. The number of fused-ring (bicyclic) bond motifs is 6. The number of H-pyrrole nitrogens is 2. The van der Waals surface area contributed by atoms with E-state index in [0.29, 0.717) is 24.7 Å². The highest BCUT2D eigenvalue weighted by Gasteiger charge is 2.40. The van der Waals surface area contributed by atoms with Gasteiger partial charge in [0, 0.05) is 40.0 Å². The lowest BCUT2D eigenvalue weighted by molar-refractivity contribution is -0.136. The number of carbonyl (C=O) groups is 4. The lowest BCUT2D eigenvalue weighted by Gasteiger charge is -2.30. The van der Waals surface area contributed by atoms with Gasteiger partial charge in [-0.1, -0.05) is 39.8 Å². The number of imidazole rings is 2. The Morgan fingerprint density at radius 1 is 0.708 bits per heavy atom. The van der Waals surface area contributed by atoms with Crippen molar-refractivity contribution in [1.82, 2.24) is 44.9 Å². The Morgan fingerprint density at radius 2 is 1.25 bits per heavy atom. The zero-order chi connectivity index (χ0) is 46.7. The van der Waals surface area contributed by atoms with Crippen molar-refractivity contribution in [1.29, 1.82) is 0 Å². The van der Waals surface area contributed by atoms with Gasteiger partial charge < -0.3 is 44.6 Å². The van der Waals surface area contributed by atoms with Crippen LogP contribution in [0.2, 0.25) is 0 Å². The van der Waals surface area contributed by atoms with Crippen molar-refractivity contribution in [3.8, 4) is 39.5 Å². The number of alkyl carbamates (subject to hydrolysis) is 2. The van der Waals surface area contributed by atoms with E-state index in [9.17, 15) is 19.2 Å². The Balaban J connectivity index is 0.00000193. The van der Waals surface area contributed by atoms with Crippen molar-refractivity contribution in [3.63, 3.8) is 0 Å². The van der Waals surface area contributed by atoms with Crippen LogP contribution in [-0.2, 0) is 31.9 Å². The lowest BCUT2D eigenvalue weighted by atomic mass is 10.0. The second-order valence-corrected chi connectivity index (χ2v) is 19.9. The summed E-state index contributed by atoms with van der Waals surface area (Å²) in [6.07, 6.45) is 8.54. The van der Waals surface area contributed by atoms with Crippen molar-refractivity contribution in [2.24, 2.45) is 11.8 Å². The van der Waals surface area contributed by atoms with Gasteiger partial charge in [-0.25, -0.2) is 19.6 Å². The van der Waals surface area contributed by atoms with Crippen LogP contribution in [0.15, 0.2) is 60.9 Å². The van der Waals surface area contributed by atoms with Crippen molar-refractivity contribution in [3.05, 3.63) is 87.9 Å². The second-order valence-electron chi connectivity index (χ2n) is 18.8. The number of nitrogens with zero attached hydrogens (tertiary/aromatic N) is 5. The molecule has 2 saturated heterocycles. The molecule has 6 aromatic rings. The number of likely N-dealkylation sites (tertiary alicyclic amines) is 2. The summed E-state index contributed by atoms with van der Waals surface area (Å²) in [5.74, 6) is 1.64. The van der Waals surface area contributed by atoms with Crippen LogP contribution in [-0.4, -0.2) is 97.7 Å². The van der Waals surface area contributed by atoms with E-state index in [1.807, 2.05) is 61.2 Å². The SMILES string of the molecule is COC(=O)N[C@H](C(=O)N1CCC[C@H]1c1ncc(-c2ccc3c(c2)O[C@@H](c2cc4c(s2)CCC4)n2c-3cc3cc(-c4cnc([C@@H]5CCCN5C(=O)[C@@H](NC(=O)OC)C(C)C)[nH]4)ccc32)[nH]1)C(C)C.S.S.S.S.S. The van der Waals surface area contributed by atoms with Crippen LogP contribution in [0.1, 0.15) is 105 Å². The standard InChI is InChI=1S/C50H57N9O7S.5H2S/c1-26(2)42(55-49(62)64-5)46(60)57-18-8-11-36(57)44-51-24-33(53-44)28-15-17-35-31(20-28)21-38-32-16-14-29(22-39(32)66-48(59(35)38)41-23-30-10-7-13-40(30)67-41)34-25-52-45(54-34)37-12-9-19-58(37)47(61)43(27(3)4)56-50(63)65-6;;;;;/h14-17,20-27,36-37,42-43,48H,7-13,18-19H2,1-6H3,(H,51,53)(H,52,54)(H,55,62)(H,56,63);5*1H2/t36-,37-,42-,43-,48-;;;;;/m0...../s1. The summed E-state index contributed by atoms with van der Waals surface area (Å²) in [5, 5.41) is 6.51. The lowest BCUT2D eigenvalue weighted by Crippen LogP contribution is -2.51. The molecule has 5 atom stereocenters. The molecule has 3 aliphatic heterocycles. The summed E-state index contributed by atoms with van der Waals surface area (Å²) in [6.45, 7) is 8.79. The minimum atomic E-state index is -0.715. The first-order valence-electron chi connectivity index (χ1n) is 23.4. The van der Waals surface area contributed by atoms with Gasteiger partial charge in [-0.15, -0.1) is 11.3 Å². The molecular weight excluding hydrogens is 1030 g/mol. The molecule has 0 unspecified atom stereocenters. The monoisotopic (exact) mass is 1100 g/mol. The number of methoxy groups -OCH3 is 2. The van der Waals surface area contributed by atoms with E-state index in [0.717, 1.165) is 93.8 Å². The minimum Gasteiger partial charge on any atom is -0.464 e. The number of carbonyl (C=O) groups excluding carboxylic acids is 4. The largest absolute Gasteiger partial charge is 0.464 e. The van der Waals surface area contributed by atoms with Crippen LogP contribution in [0.4, 0.5) is 9.59 Å². The fourth-order valence-corrected chi connectivity index (χ4v) is 11.7. The molecule has 4 N–H and O–H groups in total. The number of benzene rings is 2. The van der Waals surface area contributed by atoms with E-state index in [2.05, 4.69) is 73.7 Å². The Kier molecular flexibility index (Phi) is 19.3. The summed E-state index contributed by atoms with van der Waals surface area (Å²) in [5.41, 5.74) is 8.03. The molecule has 4 amide bonds. The van der Waals surface area contributed by atoms with Crippen LogP contribution in [0.5, 0.6) is 5.75 Å². The van der Waals surface area contributed by atoms with Crippen molar-refractivity contribution < 1.29 is 33.4 Å². The van der Waals surface area contributed by atoms with E-state index in [4.69, 9.17) is 24.2 Å². The van der Waals surface area contributed by atoms with E-state index >= 15 is 0 Å². The van der Waals surface area contributed by atoms with Gasteiger partial charge in [0.1, 0.15) is 29.5 Å². The number of rotatable bonds is 11. The molecule has 22 heteroatoms. The van der Waals surface area contributed by atoms with Crippen LogP contribution >= 0.6 is 78.8 Å². The fourth-order valence-electron chi connectivity index (χ4n) is 10.4. The first kappa shape index (κ1) is 58.0. The molecule has 390 valence electrons. The van der Waals surface area contributed by atoms with Gasteiger partial charge in [0.2, 0.25) is 18.0 Å². The second kappa shape index (κ2) is 24.0. The quantitative estimate of drug-likeness (QED) is 0.0981. The molecule has 2 aromatic carbocycles. The Morgan fingerprint density at radius 3 is 1.78 bits per heavy atom. The highest BCUT2D eigenvalue weighted by atomic mass is 32.1. The number of aryl methyl sites for hydroxylation is 2. The van der Waals surface area contributed by atoms with Gasteiger partial charge >= 0.3 is 12.2 Å². The number of aromatic amines is 2. The molecule has 4 aliphatic rings. The van der Waals surface area contributed by atoms with E-state index < -0.39 is 24.3 Å². The van der Waals surface area contributed by atoms with E-state index in [1.165, 1.54) is 31.1 Å². The van der Waals surface area contributed by atoms with Crippen molar-refractivity contribution >= 4 is 114 Å². The summed E-state index contributed by atoms with van der Waals surface area (Å²) in [4.78, 5) is 74.8. The molecule has 7 heterocycles. The maximum absolute atomic E-state index is 13.8. The first-order chi connectivity index (χ1) is 32.4. The predicted octanol–water partition coefficient (Wildman–Crippen LogP) is 9.23. The van der Waals surface area contributed by atoms with Gasteiger partial charge in [-0.3, -0.25) is 14.2 Å². The predicted molar refractivity (Wildman–Crippen MR) is 305 cm³/mol. The summed E-state index contributed by atoms with van der Waals surface area (Å²) < 4.78 is 19.0. The Bertz CT molecular complexity index is 2880. The number of aromatic nitrogens is 5.